The molecule has 0 spiro atoms. The van der Waals surface area contributed by atoms with Crippen molar-refractivity contribution in [3.05, 3.63) is 76.3 Å². The van der Waals surface area contributed by atoms with E-state index in [9.17, 15) is 4.79 Å². The molecule has 1 heterocycles. The van der Waals surface area contributed by atoms with Gasteiger partial charge in [0.25, 0.3) is 5.91 Å². The first-order valence-corrected chi connectivity index (χ1v) is 10.6. The highest BCUT2D eigenvalue weighted by molar-refractivity contribution is 7.80. The van der Waals surface area contributed by atoms with Gasteiger partial charge in [-0.2, -0.15) is 0 Å². The number of nitrogens with zero attached hydrogens (tertiary/aromatic N) is 1. The number of methoxy groups -OCH3 is 1. The quantitative estimate of drug-likeness (QED) is 0.365. The summed E-state index contributed by atoms with van der Waals surface area (Å²) in [6.45, 7) is 3.96. The van der Waals surface area contributed by atoms with Crippen LogP contribution in [0.15, 0.2) is 59.0 Å². The Morgan fingerprint density at radius 2 is 1.88 bits per heavy atom. The lowest BCUT2D eigenvalue weighted by Crippen LogP contribution is -2.34. The van der Waals surface area contributed by atoms with Crippen molar-refractivity contribution in [2.45, 2.75) is 13.8 Å². The minimum Gasteiger partial charge on any atom is -0.495 e. The summed E-state index contributed by atoms with van der Waals surface area (Å²) in [6.07, 6.45) is 0. The smallest absolute Gasteiger partial charge is 0.257 e. The number of amides is 1. The molecule has 3 aromatic carbocycles. The van der Waals surface area contributed by atoms with Crippen LogP contribution in [-0.4, -0.2) is 23.1 Å². The molecule has 0 bridgehead atoms. The van der Waals surface area contributed by atoms with E-state index < -0.39 is 0 Å². The van der Waals surface area contributed by atoms with Gasteiger partial charge in [-0.15, -0.1) is 0 Å². The molecule has 2 N–H and O–H groups in total. The molecule has 162 valence electrons. The van der Waals surface area contributed by atoms with Gasteiger partial charge in [0.1, 0.15) is 11.3 Å². The molecule has 0 saturated carbocycles. The van der Waals surface area contributed by atoms with E-state index in [1.807, 2.05) is 32.0 Å². The number of ether oxygens (including phenoxy) is 1. The number of carbonyl (C=O) groups excluding carboxylic acids is 1. The van der Waals surface area contributed by atoms with Gasteiger partial charge in [0.15, 0.2) is 10.7 Å². The maximum absolute atomic E-state index is 12.5. The van der Waals surface area contributed by atoms with Gasteiger partial charge in [-0.05, 0) is 85.7 Å². The fourth-order valence-electron chi connectivity index (χ4n) is 3.15. The molecular formula is C24H20ClN3O3S. The Balaban J connectivity index is 1.49. The second-order valence-electron chi connectivity index (χ2n) is 7.26. The molecule has 0 saturated heterocycles. The van der Waals surface area contributed by atoms with Crippen molar-refractivity contribution in [3.8, 4) is 17.2 Å². The molecule has 0 aliphatic heterocycles. The van der Waals surface area contributed by atoms with Crippen molar-refractivity contribution < 1.29 is 13.9 Å². The minimum atomic E-state index is -0.271. The van der Waals surface area contributed by atoms with E-state index in [0.29, 0.717) is 39.0 Å². The number of aromatic nitrogens is 1. The molecule has 8 heteroatoms. The number of benzene rings is 3. The lowest BCUT2D eigenvalue weighted by molar-refractivity contribution is 0.0977. The van der Waals surface area contributed by atoms with Crippen LogP contribution in [0.5, 0.6) is 5.75 Å². The van der Waals surface area contributed by atoms with Crippen LogP contribution in [0.25, 0.3) is 22.6 Å². The number of thiocarbonyl (C=S) groups is 1. The Morgan fingerprint density at radius 1 is 1.06 bits per heavy atom. The van der Waals surface area contributed by atoms with Crippen LogP contribution in [0.3, 0.4) is 0 Å². The van der Waals surface area contributed by atoms with E-state index in [1.54, 1.807) is 43.5 Å². The number of oxazole rings is 1. The molecule has 4 aromatic rings. The predicted octanol–water partition coefficient (Wildman–Crippen LogP) is 5.90. The molecule has 1 amide bonds. The second kappa shape index (κ2) is 8.98. The normalized spacial score (nSPS) is 10.8. The molecular weight excluding hydrogens is 446 g/mol. The standard InChI is InChI=1S/C24H20ClN3O3S/c1-13-4-5-15(10-14(13)2)22(29)28-24(32)26-17-7-9-21-19(12-17)27-23(31-21)16-6-8-20(30-3)18(25)11-16/h4-12H,1-3H3,(H2,26,28,29,32). The molecule has 0 fully saturated rings. The molecule has 4 rings (SSSR count). The molecule has 32 heavy (non-hydrogen) atoms. The summed E-state index contributed by atoms with van der Waals surface area (Å²) in [6, 6.07) is 16.2. The highest BCUT2D eigenvalue weighted by atomic mass is 35.5. The zero-order valence-electron chi connectivity index (χ0n) is 17.7. The van der Waals surface area contributed by atoms with Crippen LogP contribution >= 0.6 is 23.8 Å². The van der Waals surface area contributed by atoms with Gasteiger partial charge in [0.05, 0.1) is 12.1 Å². The SMILES string of the molecule is COc1ccc(-c2nc3cc(NC(=S)NC(=O)c4ccc(C)c(C)c4)ccc3o2)cc1Cl. The van der Waals surface area contributed by atoms with Gasteiger partial charge in [-0.3, -0.25) is 10.1 Å². The third-order valence-corrected chi connectivity index (χ3v) is 5.54. The van der Waals surface area contributed by atoms with Crippen LogP contribution in [0.4, 0.5) is 5.69 Å². The summed E-state index contributed by atoms with van der Waals surface area (Å²) >= 11 is 11.5. The van der Waals surface area contributed by atoms with Crippen molar-refractivity contribution in [1.82, 2.24) is 10.3 Å². The van der Waals surface area contributed by atoms with Gasteiger partial charge in [-0.25, -0.2) is 4.98 Å². The Labute approximate surface area is 195 Å². The zero-order chi connectivity index (χ0) is 22.8. The highest BCUT2D eigenvalue weighted by Crippen LogP contribution is 2.32. The van der Waals surface area contributed by atoms with Crippen molar-refractivity contribution in [2.75, 3.05) is 12.4 Å². The highest BCUT2D eigenvalue weighted by Gasteiger charge is 2.13. The number of carbonyl (C=O) groups is 1. The summed E-state index contributed by atoms with van der Waals surface area (Å²) in [5.74, 6) is 0.744. The Hall–Kier alpha value is -3.42. The Kier molecular flexibility index (Phi) is 6.12. The average molecular weight is 466 g/mol. The number of nitrogens with one attached hydrogen (secondary N) is 2. The first kappa shape index (κ1) is 21.8. The number of rotatable bonds is 4. The summed E-state index contributed by atoms with van der Waals surface area (Å²) in [4.78, 5) is 17.0. The van der Waals surface area contributed by atoms with E-state index in [1.165, 1.54) is 0 Å². The third-order valence-electron chi connectivity index (χ3n) is 5.04. The monoisotopic (exact) mass is 465 g/mol. The summed E-state index contributed by atoms with van der Waals surface area (Å²) < 4.78 is 11.0. The number of hydrogen-bond donors (Lipinski definition) is 2. The summed E-state index contributed by atoms with van der Waals surface area (Å²) in [5, 5.41) is 6.38. The lowest BCUT2D eigenvalue weighted by Gasteiger charge is -2.10. The molecule has 0 aliphatic carbocycles. The van der Waals surface area contributed by atoms with Gasteiger partial charge >= 0.3 is 0 Å². The van der Waals surface area contributed by atoms with Gasteiger partial charge in [0, 0.05) is 16.8 Å². The van der Waals surface area contributed by atoms with Crippen LogP contribution in [0.2, 0.25) is 5.02 Å². The summed E-state index contributed by atoms with van der Waals surface area (Å²) in [5.41, 5.74) is 5.38. The molecule has 6 nitrogen and oxygen atoms in total. The third kappa shape index (κ3) is 4.59. The molecule has 0 atom stereocenters. The maximum atomic E-state index is 12.5. The van der Waals surface area contributed by atoms with E-state index in [-0.39, 0.29) is 11.0 Å². The van der Waals surface area contributed by atoms with Crippen molar-refractivity contribution in [3.63, 3.8) is 0 Å². The van der Waals surface area contributed by atoms with Gasteiger partial charge in [0.2, 0.25) is 5.89 Å². The molecule has 0 radical (unpaired) electrons. The average Bonchev–Trinajstić information content (AvgIpc) is 3.19. The van der Waals surface area contributed by atoms with Gasteiger partial charge < -0.3 is 14.5 Å². The lowest BCUT2D eigenvalue weighted by atomic mass is 10.1. The first-order valence-electron chi connectivity index (χ1n) is 9.78. The minimum absolute atomic E-state index is 0.193. The second-order valence-corrected chi connectivity index (χ2v) is 8.07. The maximum Gasteiger partial charge on any atom is 0.257 e. The zero-order valence-corrected chi connectivity index (χ0v) is 19.2. The van der Waals surface area contributed by atoms with E-state index in [2.05, 4.69) is 15.6 Å². The Bertz CT molecular complexity index is 1350. The number of anilines is 1. The Morgan fingerprint density at radius 3 is 2.59 bits per heavy atom. The van der Waals surface area contributed by atoms with Crippen molar-refractivity contribution >= 4 is 51.6 Å². The van der Waals surface area contributed by atoms with E-state index in [0.717, 1.165) is 16.7 Å². The van der Waals surface area contributed by atoms with Crippen LogP contribution in [0, 0.1) is 13.8 Å². The number of halogens is 1. The molecule has 1 aromatic heterocycles. The van der Waals surface area contributed by atoms with E-state index >= 15 is 0 Å². The topological polar surface area (TPSA) is 76.4 Å². The van der Waals surface area contributed by atoms with Crippen molar-refractivity contribution in [2.24, 2.45) is 0 Å². The van der Waals surface area contributed by atoms with Crippen LogP contribution in [0.1, 0.15) is 21.5 Å². The van der Waals surface area contributed by atoms with Crippen molar-refractivity contribution in [1.29, 1.82) is 0 Å². The van der Waals surface area contributed by atoms with Crippen LogP contribution < -0.4 is 15.4 Å². The van der Waals surface area contributed by atoms with Crippen LogP contribution in [-0.2, 0) is 0 Å². The van der Waals surface area contributed by atoms with E-state index in [4.69, 9.17) is 33.0 Å². The summed E-state index contributed by atoms with van der Waals surface area (Å²) in [7, 11) is 1.56. The number of fused-ring (bicyclic) bond motifs is 1. The fourth-order valence-corrected chi connectivity index (χ4v) is 3.62. The molecule has 0 aliphatic rings. The first-order chi connectivity index (χ1) is 15.3. The van der Waals surface area contributed by atoms with Gasteiger partial charge in [-0.1, -0.05) is 17.7 Å². The predicted molar refractivity (Wildman–Crippen MR) is 131 cm³/mol. The largest absolute Gasteiger partial charge is 0.495 e. The fraction of sp³-hybridized carbons (Fsp3) is 0.125. The number of hydrogen-bond acceptors (Lipinski definition) is 5. The number of aryl methyl sites for hydroxylation is 2. The molecule has 0 unspecified atom stereocenters.